The van der Waals surface area contributed by atoms with Crippen molar-refractivity contribution in [3.8, 4) is 0 Å². The number of anilines is 1. The summed E-state index contributed by atoms with van der Waals surface area (Å²) in [7, 11) is 0. The highest BCUT2D eigenvalue weighted by molar-refractivity contribution is 5.86. The molecule has 2 N–H and O–H groups in total. The maximum absolute atomic E-state index is 12.9. The van der Waals surface area contributed by atoms with Crippen molar-refractivity contribution in [2.75, 3.05) is 11.9 Å². The number of hydrogen-bond donors (Lipinski definition) is 2. The van der Waals surface area contributed by atoms with Crippen molar-refractivity contribution in [2.45, 2.75) is 63.5 Å². The number of aromatic nitrogens is 4. The lowest BCUT2D eigenvalue weighted by Crippen LogP contribution is -2.61. The van der Waals surface area contributed by atoms with E-state index in [1.54, 1.807) is 12.4 Å². The minimum atomic E-state index is -4.41. The Labute approximate surface area is 189 Å². The molecule has 1 aliphatic carbocycles. The smallest absolute Gasteiger partial charge is 0.372 e. The number of hydrogen-bond acceptors (Lipinski definition) is 7. The summed E-state index contributed by atoms with van der Waals surface area (Å²) in [5.74, 6) is 0.777. The van der Waals surface area contributed by atoms with Gasteiger partial charge in [-0.25, -0.2) is 4.98 Å². The summed E-state index contributed by atoms with van der Waals surface area (Å²) in [5.41, 5.74) is 1.53. The monoisotopic (exact) mass is 461 g/mol. The van der Waals surface area contributed by atoms with Gasteiger partial charge in [0.2, 0.25) is 0 Å². The predicted octanol–water partition coefficient (Wildman–Crippen LogP) is 3.40. The fraction of sp³-hybridized carbons (Fsp3) is 0.545. The van der Waals surface area contributed by atoms with Crippen molar-refractivity contribution in [3.63, 3.8) is 0 Å². The van der Waals surface area contributed by atoms with Gasteiger partial charge in [-0.05, 0) is 57.1 Å². The average molecular weight is 461 g/mol. The molecule has 176 valence electrons. The number of aliphatic hydroxyl groups excluding tert-OH is 1. The second kappa shape index (κ2) is 8.53. The lowest BCUT2D eigenvalue weighted by Gasteiger charge is -2.51. The third-order valence-electron chi connectivity index (χ3n) is 6.79. The van der Waals surface area contributed by atoms with Crippen molar-refractivity contribution in [1.29, 1.82) is 0 Å². The summed E-state index contributed by atoms with van der Waals surface area (Å²) in [6.45, 7) is 2.69. The molecule has 4 aliphatic rings. The number of aliphatic imine (C=N–C) groups is 1. The van der Waals surface area contributed by atoms with Crippen LogP contribution in [0.5, 0.6) is 0 Å². The van der Waals surface area contributed by atoms with Crippen molar-refractivity contribution in [3.05, 3.63) is 42.0 Å². The maximum Gasteiger partial charge on any atom is 0.417 e. The van der Waals surface area contributed by atoms with Crippen LogP contribution in [0.4, 0.5) is 19.0 Å². The number of piperidine rings is 2. The molecule has 11 heteroatoms. The van der Waals surface area contributed by atoms with Crippen LogP contribution in [0.1, 0.15) is 44.6 Å². The van der Waals surface area contributed by atoms with Crippen LogP contribution in [0.2, 0.25) is 0 Å². The van der Waals surface area contributed by atoms with Crippen molar-refractivity contribution >= 4 is 17.2 Å². The Morgan fingerprint density at radius 3 is 2.61 bits per heavy atom. The van der Waals surface area contributed by atoms with Crippen molar-refractivity contribution in [2.24, 2.45) is 10.9 Å². The Morgan fingerprint density at radius 1 is 1.15 bits per heavy atom. The highest BCUT2D eigenvalue weighted by atomic mass is 19.4. The third-order valence-corrected chi connectivity index (χ3v) is 6.79. The van der Waals surface area contributed by atoms with Crippen LogP contribution in [-0.2, 0) is 6.18 Å². The van der Waals surface area contributed by atoms with E-state index in [-0.39, 0.29) is 12.1 Å². The molecule has 33 heavy (non-hydrogen) atoms. The van der Waals surface area contributed by atoms with E-state index in [1.165, 1.54) is 10.9 Å². The van der Waals surface area contributed by atoms with Crippen LogP contribution in [0.25, 0.3) is 5.70 Å². The summed E-state index contributed by atoms with van der Waals surface area (Å²) in [5, 5.41) is 23.2. The van der Waals surface area contributed by atoms with Gasteiger partial charge in [0, 0.05) is 30.5 Å². The number of halogens is 3. The van der Waals surface area contributed by atoms with Gasteiger partial charge in [-0.1, -0.05) is 0 Å². The molecule has 3 fully saturated rings. The van der Waals surface area contributed by atoms with E-state index in [0.717, 1.165) is 55.9 Å². The minimum Gasteiger partial charge on any atom is -0.372 e. The van der Waals surface area contributed by atoms with Gasteiger partial charge in [-0.2, -0.15) is 28.2 Å². The first kappa shape index (κ1) is 22.0. The molecular weight excluding hydrogens is 435 g/mol. The summed E-state index contributed by atoms with van der Waals surface area (Å²) >= 11 is 0. The molecule has 0 amide bonds. The summed E-state index contributed by atoms with van der Waals surface area (Å²) in [6.07, 6.45) is 3.01. The molecule has 2 aromatic heterocycles. The number of rotatable bonds is 5. The zero-order valence-electron chi connectivity index (χ0n) is 18.2. The van der Waals surface area contributed by atoms with Crippen LogP contribution in [0, 0.1) is 5.92 Å². The Morgan fingerprint density at radius 2 is 1.94 bits per heavy atom. The predicted molar refractivity (Wildman–Crippen MR) is 116 cm³/mol. The Bertz CT molecular complexity index is 1050. The van der Waals surface area contributed by atoms with E-state index in [4.69, 9.17) is 0 Å². The molecule has 3 aliphatic heterocycles. The second-order valence-corrected chi connectivity index (χ2v) is 9.00. The summed E-state index contributed by atoms with van der Waals surface area (Å²) < 4.78 is 38.6. The van der Waals surface area contributed by atoms with Crippen LogP contribution in [0.3, 0.4) is 0 Å². The Hall–Kier alpha value is -2.79. The number of fused-ring (bicyclic) bond motifs is 3. The first-order valence-electron chi connectivity index (χ1n) is 11.2. The SMILES string of the molecule is CC1=NC(C(O)N2CC3CCC2C(Nc2ccc(C(F)(F)F)cn2)C3)=C(n2nccn2)CC1. The first-order chi connectivity index (χ1) is 15.8. The van der Waals surface area contributed by atoms with Crippen molar-refractivity contribution < 1.29 is 18.3 Å². The lowest BCUT2D eigenvalue weighted by molar-refractivity contribution is -0.137. The topological polar surface area (TPSA) is 91.5 Å². The zero-order valence-corrected chi connectivity index (χ0v) is 18.2. The van der Waals surface area contributed by atoms with Crippen LogP contribution >= 0.6 is 0 Å². The first-order valence-corrected chi connectivity index (χ1v) is 11.2. The summed E-state index contributed by atoms with van der Waals surface area (Å²) in [6, 6.07) is 2.38. The van der Waals surface area contributed by atoms with E-state index < -0.39 is 18.0 Å². The minimum absolute atomic E-state index is 0.00542. The van der Waals surface area contributed by atoms with Crippen molar-refractivity contribution in [1.82, 2.24) is 24.9 Å². The maximum atomic E-state index is 12.9. The van der Waals surface area contributed by atoms with Crippen LogP contribution in [0.15, 0.2) is 41.4 Å². The second-order valence-electron chi connectivity index (χ2n) is 9.00. The molecule has 4 atom stereocenters. The fourth-order valence-electron chi connectivity index (χ4n) is 5.19. The highest BCUT2D eigenvalue weighted by Gasteiger charge is 2.45. The molecule has 2 aromatic rings. The van der Waals surface area contributed by atoms with Gasteiger partial charge >= 0.3 is 6.18 Å². The van der Waals surface area contributed by atoms with Gasteiger partial charge in [-0.15, -0.1) is 0 Å². The highest BCUT2D eigenvalue weighted by Crippen LogP contribution is 2.40. The molecule has 0 spiro atoms. The number of nitrogens with zero attached hydrogens (tertiary/aromatic N) is 6. The molecule has 5 heterocycles. The average Bonchev–Trinajstić information content (AvgIpc) is 3.33. The number of alkyl halides is 3. The molecule has 4 unspecified atom stereocenters. The van der Waals surface area contributed by atoms with E-state index in [9.17, 15) is 18.3 Å². The van der Waals surface area contributed by atoms with Gasteiger partial charge in [0.05, 0.1) is 23.7 Å². The molecule has 0 aromatic carbocycles. The Kier molecular flexibility index (Phi) is 5.69. The number of allylic oxidation sites excluding steroid dienone is 1. The molecule has 0 radical (unpaired) electrons. The number of pyridine rings is 1. The summed E-state index contributed by atoms with van der Waals surface area (Å²) in [4.78, 5) is 12.2. The standard InChI is InChI=1S/C22H26F3N7O/c1-13-2-5-18(32-27-8-9-28-32)20(29-13)21(33)31-12-14-3-6-17(31)16(10-14)30-19-7-4-15(11-26-19)22(23,24)25/h4,7-9,11,14,16-17,21,33H,2-3,5-6,10,12H2,1H3,(H,26,30). The van der Waals surface area contributed by atoms with Gasteiger partial charge in [0.1, 0.15) is 11.5 Å². The number of nitrogens with one attached hydrogen (secondary N) is 1. The van der Waals surface area contributed by atoms with Gasteiger partial charge in [-0.3, -0.25) is 9.89 Å². The number of aliphatic hydroxyl groups is 1. The van der Waals surface area contributed by atoms with E-state index >= 15 is 0 Å². The molecule has 1 saturated carbocycles. The van der Waals surface area contributed by atoms with Gasteiger partial charge < -0.3 is 10.4 Å². The van der Waals surface area contributed by atoms with E-state index in [1.807, 2.05) is 6.92 Å². The molecule has 2 bridgehead atoms. The zero-order chi connectivity index (χ0) is 23.2. The molecule has 8 nitrogen and oxygen atoms in total. The molecule has 2 saturated heterocycles. The molecule has 6 rings (SSSR count). The largest absolute Gasteiger partial charge is 0.417 e. The van der Waals surface area contributed by atoms with E-state index in [2.05, 4.69) is 30.4 Å². The van der Waals surface area contributed by atoms with Crippen LogP contribution < -0.4 is 5.32 Å². The fourth-order valence-corrected chi connectivity index (χ4v) is 5.19. The van der Waals surface area contributed by atoms with E-state index in [0.29, 0.717) is 23.9 Å². The quantitative estimate of drug-likeness (QED) is 0.709. The van der Waals surface area contributed by atoms with Gasteiger partial charge in [0.15, 0.2) is 6.23 Å². The Balaban J connectivity index is 1.38. The van der Waals surface area contributed by atoms with Gasteiger partial charge in [0.25, 0.3) is 0 Å². The van der Waals surface area contributed by atoms with Crippen LogP contribution in [-0.4, -0.2) is 60.6 Å². The normalized spacial score (nSPS) is 26.9. The third kappa shape index (κ3) is 4.39. The lowest BCUT2D eigenvalue weighted by atomic mass is 9.76. The molecular formula is C22H26F3N7O.